The van der Waals surface area contributed by atoms with Crippen molar-refractivity contribution >= 4 is 27.3 Å². The average Bonchev–Trinajstić information content (AvgIpc) is 3.12. The summed E-state index contributed by atoms with van der Waals surface area (Å²) in [6.07, 6.45) is 3.99. The van der Waals surface area contributed by atoms with Crippen LogP contribution in [-0.4, -0.2) is 38.9 Å². The van der Waals surface area contributed by atoms with Crippen molar-refractivity contribution in [2.24, 2.45) is 5.41 Å². The summed E-state index contributed by atoms with van der Waals surface area (Å²) in [5, 5.41) is 0.297. The van der Waals surface area contributed by atoms with Gasteiger partial charge < -0.3 is 4.90 Å². The highest BCUT2D eigenvalue weighted by molar-refractivity contribution is 7.89. The zero-order valence-electron chi connectivity index (χ0n) is 16.3. The summed E-state index contributed by atoms with van der Waals surface area (Å²) < 4.78 is 27.6. The predicted octanol–water partition coefficient (Wildman–Crippen LogP) is 4.58. The smallest absolute Gasteiger partial charge is 0.244 e. The molecule has 2 heterocycles. The van der Waals surface area contributed by atoms with Gasteiger partial charge in [-0.1, -0.05) is 42.8 Å². The molecular formula is C22H27ClN2O2S. The SMILES string of the molecule is CCc1ccc(N2CCC3(CCN(S(=O)(=O)c4ccccc4Cl)CC3)C2)cc1. The summed E-state index contributed by atoms with van der Waals surface area (Å²) in [4.78, 5) is 2.68. The van der Waals surface area contributed by atoms with Crippen molar-refractivity contribution in [2.45, 2.75) is 37.5 Å². The second-order valence-electron chi connectivity index (χ2n) is 8.03. The van der Waals surface area contributed by atoms with Crippen LogP contribution in [0.2, 0.25) is 5.02 Å². The molecule has 2 saturated heterocycles. The molecule has 0 aromatic heterocycles. The van der Waals surface area contributed by atoms with Gasteiger partial charge in [-0.3, -0.25) is 0 Å². The molecule has 1 spiro atoms. The van der Waals surface area contributed by atoms with E-state index in [9.17, 15) is 8.42 Å². The van der Waals surface area contributed by atoms with E-state index in [1.54, 1.807) is 28.6 Å². The number of hydrogen-bond acceptors (Lipinski definition) is 3. The molecule has 2 aliphatic rings. The Morgan fingerprint density at radius 2 is 1.61 bits per heavy atom. The number of anilines is 1. The van der Waals surface area contributed by atoms with Crippen molar-refractivity contribution < 1.29 is 8.42 Å². The highest BCUT2D eigenvalue weighted by Crippen LogP contribution is 2.43. The molecule has 4 rings (SSSR count). The lowest BCUT2D eigenvalue weighted by atomic mass is 9.78. The summed E-state index contributed by atoms with van der Waals surface area (Å²) in [7, 11) is -3.52. The van der Waals surface area contributed by atoms with E-state index in [0.717, 1.165) is 38.8 Å². The Morgan fingerprint density at radius 3 is 2.25 bits per heavy atom. The summed E-state index contributed by atoms with van der Waals surface area (Å²) in [5.74, 6) is 0. The molecule has 2 fully saturated rings. The zero-order valence-corrected chi connectivity index (χ0v) is 17.8. The van der Waals surface area contributed by atoms with Gasteiger partial charge in [-0.25, -0.2) is 8.42 Å². The van der Waals surface area contributed by atoms with Crippen LogP contribution in [0.15, 0.2) is 53.4 Å². The van der Waals surface area contributed by atoms with Gasteiger partial charge in [0.25, 0.3) is 0 Å². The highest BCUT2D eigenvalue weighted by atomic mass is 35.5. The number of rotatable bonds is 4. The summed E-state index contributed by atoms with van der Waals surface area (Å²) in [5.41, 5.74) is 2.85. The van der Waals surface area contributed by atoms with Gasteiger partial charge in [-0.15, -0.1) is 0 Å². The predicted molar refractivity (Wildman–Crippen MR) is 115 cm³/mol. The van der Waals surface area contributed by atoms with E-state index in [0.29, 0.717) is 18.1 Å². The molecule has 0 bridgehead atoms. The van der Waals surface area contributed by atoms with E-state index in [-0.39, 0.29) is 10.3 Å². The van der Waals surface area contributed by atoms with Gasteiger partial charge in [-0.2, -0.15) is 4.31 Å². The molecule has 150 valence electrons. The Kier molecular flexibility index (Phi) is 5.43. The van der Waals surface area contributed by atoms with Crippen LogP contribution >= 0.6 is 11.6 Å². The van der Waals surface area contributed by atoms with E-state index in [1.165, 1.54) is 11.3 Å². The van der Waals surface area contributed by atoms with Gasteiger partial charge >= 0.3 is 0 Å². The molecule has 2 aromatic rings. The van der Waals surface area contributed by atoms with Crippen molar-refractivity contribution in [2.75, 3.05) is 31.1 Å². The van der Waals surface area contributed by atoms with Crippen LogP contribution in [0.4, 0.5) is 5.69 Å². The maximum atomic E-state index is 13.0. The number of halogens is 1. The first-order chi connectivity index (χ1) is 13.4. The molecule has 0 radical (unpaired) electrons. The molecule has 0 N–H and O–H groups in total. The second kappa shape index (κ2) is 7.69. The van der Waals surface area contributed by atoms with E-state index in [4.69, 9.17) is 11.6 Å². The van der Waals surface area contributed by atoms with Crippen LogP contribution in [0.3, 0.4) is 0 Å². The minimum absolute atomic E-state index is 0.218. The largest absolute Gasteiger partial charge is 0.371 e. The maximum Gasteiger partial charge on any atom is 0.244 e. The van der Waals surface area contributed by atoms with Gasteiger partial charge in [0.15, 0.2) is 0 Å². The van der Waals surface area contributed by atoms with Crippen molar-refractivity contribution in [3.63, 3.8) is 0 Å². The molecule has 4 nitrogen and oxygen atoms in total. The first-order valence-corrected chi connectivity index (χ1v) is 11.8. The van der Waals surface area contributed by atoms with Crippen LogP contribution in [0.5, 0.6) is 0 Å². The Balaban J connectivity index is 1.43. The average molecular weight is 419 g/mol. The third kappa shape index (κ3) is 3.68. The summed E-state index contributed by atoms with van der Waals surface area (Å²) in [6, 6.07) is 15.6. The minimum atomic E-state index is -3.52. The number of hydrogen-bond donors (Lipinski definition) is 0. The topological polar surface area (TPSA) is 40.6 Å². The molecule has 6 heteroatoms. The standard InChI is InChI=1S/C22H27ClN2O2S/c1-2-18-7-9-19(10-8-18)24-14-11-22(17-24)12-15-25(16-13-22)28(26,27)21-6-4-3-5-20(21)23/h3-10H,2,11-17H2,1H3. The molecule has 2 aromatic carbocycles. The van der Waals surface area contributed by atoms with Gasteiger partial charge in [0.2, 0.25) is 10.0 Å². The Hall–Kier alpha value is -1.56. The Bertz CT molecular complexity index is 935. The van der Waals surface area contributed by atoms with Gasteiger partial charge in [0.1, 0.15) is 4.90 Å². The van der Waals surface area contributed by atoms with Crippen LogP contribution in [-0.2, 0) is 16.4 Å². The fraction of sp³-hybridized carbons (Fsp3) is 0.455. The first-order valence-electron chi connectivity index (χ1n) is 10.0. The maximum absolute atomic E-state index is 13.0. The van der Waals surface area contributed by atoms with E-state index in [1.807, 2.05) is 0 Å². The van der Waals surface area contributed by atoms with Crippen LogP contribution < -0.4 is 4.90 Å². The highest BCUT2D eigenvalue weighted by Gasteiger charge is 2.43. The Morgan fingerprint density at radius 1 is 0.964 bits per heavy atom. The third-order valence-corrected chi connectivity index (χ3v) is 8.78. The quantitative estimate of drug-likeness (QED) is 0.729. The summed E-state index contributed by atoms with van der Waals surface area (Å²) >= 11 is 6.14. The number of sulfonamides is 1. The fourth-order valence-corrected chi connectivity index (χ4v) is 6.43. The fourth-order valence-electron chi connectivity index (χ4n) is 4.50. The third-order valence-electron chi connectivity index (χ3n) is 6.39. The van der Waals surface area contributed by atoms with Gasteiger partial charge in [0, 0.05) is 31.9 Å². The number of benzene rings is 2. The van der Waals surface area contributed by atoms with Crippen molar-refractivity contribution in [3.8, 4) is 0 Å². The number of piperidine rings is 1. The Labute approximate surface area is 173 Å². The molecule has 0 atom stereocenters. The zero-order chi connectivity index (χ0) is 19.8. The van der Waals surface area contributed by atoms with E-state index >= 15 is 0 Å². The van der Waals surface area contributed by atoms with E-state index < -0.39 is 10.0 Å². The van der Waals surface area contributed by atoms with Crippen molar-refractivity contribution in [1.82, 2.24) is 4.31 Å². The molecule has 0 saturated carbocycles. The van der Waals surface area contributed by atoms with E-state index in [2.05, 4.69) is 36.1 Å². The monoisotopic (exact) mass is 418 g/mol. The van der Waals surface area contributed by atoms with Gasteiger partial charge in [-0.05, 0) is 60.9 Å². The lowest BCUT2D eigenvalue weighted by Gasteiger charge is -2.38. The first kappa shape index (κ1) is 19.7. The molecule has 28 heavy (non-hydrogen) atoms. The second-order valence-corrected chi connectivity index (χ2v) is 10.3. The van der Waals surface area contributed by atoms with Crippen molar-refractivity contribution in [3.05, 3.63) is 59.1 Å². The molecular weight excluding hydrogens is 392 g/mol. The van der Waals surface area contributed by atoms with Crippen molar-refractivity contribution in [1.29, 1.82) is 0 Å². The minimum Gasteiger partial charge on any atom is -0.371 e. The molecule has 0 aliphatic carbocycles. The van der Waals surface area contributed by atoms with Gasteiger partial charge in [0.05, 0.1) is 5.02 Å². The van der Waals surface area contributed by atoms with Crippen LogP contribution in [0.25, 0.3) is 0 Å². The van der Waals surface area contributed by atoms with Crippen LogP contribution in [0, 0.1) is 5.41 Å². The molecule has 0 amide bonds. The number of aryl methyl sites for hydroxylation is 1. The van der Waals surface area contributed by atoms with Crippen LogP contribution in [0.1, 0.15) is 31.7 Å². The lowest BCUT2D eigenvalue weighted by molar-refractivity contribution is 0.177. The lowest BCUT2D eigenvalue weighted by Crippen LogP contribution is -2.44. The summed E-state index contributed by atoms with van der Waals surface area (Å²) in [6.45, 7) is 5.36. The normalized spacial score (nSPS) is 20.0. The molecule has 2 aliphatic heterocycles. The molecule has 0 unspecified atom stereocenters. The number of nitrogens with zero attached hydrogens (tertiary/aromatic N) is 2.